The average Bonchev–Trinajstić information content (AvgIpc) is 2.91. The van der Waals surface area contributed by atoms with Crippen LogP contribution in [0.1, 0.15) is 23.0 Å². The first-order valence-electron chi connectivity index (χ1n) is 5.88. The van der Waals surface area contributed by atoms with E-state index in [0.717, 1.165) is 5.56 Å². The van der Waals surface area contributed by atoms with Crippen molar-refractivity contribution in [3.8, 4) is 0 Å². The zero-order valence-corrected chi connectivity index (χ0v) is 10.3. The van der Waals surface area contributed by atoms with Crippen molar-refractivity contribution in [1.82, 2.24) is 4.90 Å². The van der Waals surface area contributed by atoms with Gasteiger partial charge in [0.1, 0.15) is 0 Å². The van der Waals surface area contributed by atoms with Crippen LogP contribution in [0.5, 0.6) is 0 Å². The van der Waals surface area contributed by atoms with Gasteiger partial charge < -0.3 is 15.1 Å². The summed E-state index contributed by atoms with van der Waals surface area (Å²) in [6, 6.07) is 10.9. The molecular weight excluding hydrogens is 228 g/mol. The third-order valence-corrected chi connectivity index (χ3v) is 2.82. The van der Waals surface area contributed by atoms with E-state index >= 15 is 0 Å². The van der Waals surface area contributed by atoms with Crippen LogP contribution in [0, 0.1) is 0 Å². The zero-order chi connectivity index (χ0) is 13.0. The standard InChI is InChI=1S/C14H16N2O2/c1-2-16(14(17)13-8-5-9-18-13)10-11-6-3-4-7-12(11)15/h3-9H,2,10,15H2,1H3. The Bertz CT molecular complexity index is 520. The molecular formula is C14H16N2O2. The Morgan fingerprint density at radius 2 is 2.06 bits per heavy atom. The van der Waals surface area contributed by atoms with Gasteiger partial charge in [-0.25, -0.2) is 0 Å². The van der Waals surface area contributed by atoms with Gasteiger partial charge in [0.15, 0.2) is 5.76 Å². The van der Waals surface area contributed by atoms with Gasteiger partial charge in [-0.05, 0) is 30.7 Å². The number of benzene rings is 1. The minimum atomic E-state index is -0.120. The number of rotatable bonds is 4. The minimum absolute atomic E-state index is 0.120. The van der Waals surface area contributed by atoms with E-state index in [1.54, 1.807) is 17.0 Å². The Morgan fingerprint density at radius 3 is 2.67 bits per heavy atom. The summed E-state index contributed by atoms with van der Waals surface area (Å²) in [6.07, 6.45) is 1.50. The zero-order valence-electron chi connectivity index (χ0n) is 10.3. The maximum absolute atomic E-state index is 12.1. The Kier molecular flexibility index (Phi) is 3.67. The van der Waals surface area contributed by atoms with Crippen molar-refractivity contribution in [3.05, 3.63) is 54.0 Å². The SMILES string of the molecule is CCN(Cc1ccccc1N)C(=O)c1ccco1. The maximum atomic E-state index is 12.1. The Balaban J connectivity index is 2.15. The number of nitrogens with zero attached hydrogens (tertiary/aromatic N) is 1. The quantitative estimate of drug-likeness (QED) is 0.841. The second-order valence-corrected chi connectivity index (χ2v) is 4.00. The number of hydrogen-bond acceptors (Lipinski definition) is 3. The molecule has 0 bridgehead atoms. The smallest absolute Gasteiger partial charge is 0.289 e. The van der Waals surface area contributed by atoms with Crippen LogP contribution >= 0.6 is 0 Å². The molecule has 0 spiro atoms. The van der Waals surface area contributed by atoms with Crippen molar-refractivity contribution in [3.63, 3.8) is 0 Å². The van der Waals surface area contributed by atoms with Gasteiger partial charge in [-0.2, -0.15) is 0 Å². The number of carbonyl (C=O) groups is 1. The van der Waals surface area contributed by atoms with Gasteiger partial charge in [0, 0.05) is 18.8 Å². The van der Waals surface area contributed by atoms with Gasteiger partial charge in [0.2, 0.25) is 0 Å². The van der Waals surface area contributed by atoms with Crippen molar-refractivity contribution in [1.29, 1.82) is 0 Å². The highest BCUT2D eigenvalue weighted by Crippen LogP contribution is 2.15. The molecule has 0 aliphatic carbocycles. The summed E-state index contributed by atoms with van der Waals surface area (Å²) in [5.41, 5.74) is 7.52. The monoisotopic (exact) mass is 244 g/mol. The summed E-state index contributed by atoms with van der Waals surface area (Å²) < 4.78 is 5.12. The first kappa shape index (κ1) is 12.2. The van der Waals surface area contributed by atoms with Crippen molar-refractivity contribution in [2.45, 2.75) is 13.5 Å². The normalized spacial score (nSPS) is 10.3. The average molecular weight is 244 g/mol. The number of anilines is 1. The summed E-state index contributed by atoms with van der Waals surface area (Å²) in [4.78, 5) is 13.8. The van der Waals surface area contributed by atoms with E-state index in [4.69, 9.17) is 10.2 Å². The molecule has 0 aliphatic heterocycles. The molecule has 4 heteroatoms. The van der Waals surface area contributed by atoms with E-state index in [0.29, 0.717) is 24.5 Å². The number of para-hydroxylation sites is 1. The molecule has 1 aromatic heterocycles. The number of hydrogen-bond donors (Lipinski definition) is 1. The molecule has 0 atom stereocenters. The van der Waals surface area contributed by atoms with E-state index in [2.05, 4.69) is 0 Å². The van der Waals surface area contributed by atoms with Crippen LogP contribution in [0.2, 0.25) is 0 Å². The first-order chi connectivity index (χ1) is 8.72. The molecule has 0 saturated heterocycles. The molecule has 1 amide bonds. The number of nitrogens with two attached hydrogens (primary N) is 1. The molecule has 2 rings (SSSR count). The largest absolute Gasteiger partial charge is 0.459 e. The predicted molar refractivity (Wildman–Crippen MR) is 70.0 cm³/mol. The van der Waals surface area contributed by atoms with Crippen LogP contribution in [0.25, 0.3) is 0 Å². The second-order valence-electron chi connectivity index (χ2n) is 4.00. The lowest BCUT2D eigenvalue weighted by atomic mass is 10.1. The lowest BCUT2D eigenvalue weighted by Gasteiger charge is -2.20. The van der Waals surface area contributed by atoms with Crippen molar-refractivity contribution >= 4 is 11.6 Å². The molecule has 2 N–H and O–H groups in total. The number of amides is 1. The van der Waals surface area contributed by atoms with Gasteiger partial charge >= 0.3 is 0 Å². The van der Waals surface area contributed by atoms with Gasteiger partial charge in [-0.1, -0.05) is 18.2 Å². The molecule has 0 unspecified atom stereocenters. The molecule has 0 aliphatic rings. The van der Waals surface area contributed by atoms with E-state index in [-0.39, 0.29) is 5.91 Å². The van der Waals surface area contributed by atoms with E-state index in [1.807, 2.05) is 31.2 Å². The van der Waals surface area contributed by atoms with Gasteiger partial charge in [0.25, 0.3) is 5.91 Å². The fourth-order valence-electron chi connectivity index (χ4n) is 1.77. The summed E-state index contributed by atoms with van der Waals surface area (Å²) >= 11 is 0. The molecule has 94 valence electrons. The number of carbonyl (C=O) groups excluding carboxylic acids is 1. The maximum Gasteiger partial charge on any atom is 0.289 e. The van der Waals surface area contributed by atoms with Crippen LogP contribution in [0.4, 0.5) is 5.69 Å². The van der Waals surface area contributed by atoms with Crippen LogP contribution in [0.3, 0.4) is 0 Å². The van der Waals surface area contributed by atoms with Gasteiger partial charge in [-0.15, -0.1) is 0 Å². The van der Waals surface area contributed by atoms with Crippen molar-refractivity contribution in [2.75, 3.05) is 12.3 Å². The Labute approximate surface area is 106 Å². The van der Waals surface area contributed by atoms with Gasteiger partial charge in [0.05, 0.1) is 6.26 Å². The number of furan rings is 1. The summed E-state index contributed by atoms with van der Waals surface area (Å²) in [5, 5.41) is 0. The third kappa shape index (κ3) is 2.53. The van der Waals surface area contributed by atoms with E-state index in [9.17, 15) is 4.79 Å². The first-order valence-corrected chi connectivity index (χ1v) is 5.88. The predicted octanol–water partition coefficient (Wildman–Crippen LogP) is 2.52. The molecule has 1 heterocycles. The topological polar surface area (TPSA) is 59.5 Å². The van der Waals surface area contributed by atoms with Crippen molar-refractivity contribution < 1.29 is 9.21 Å². The second kappa shape index (κ2) is 5.40. The van der Waals surface area contributed by atoms with Crippen LogP contribution in [0.15, 0.2) is 47.1 Å². The molecule has 4 nitrogen and oxygen atoms in total. The van der Waals surface area contributed by atoms with Crippen LogP contribution in [-0.4, -0.2) is 17.4 Å². The Morgan fingerprint density at radius 1 is 1.28 bits per heavy atom. The van der Waals surface area contributed by atoms with Crippen molar-refractivity contribution in [2.24, 2.45) is 0 Å². The minimum Gasteiger partial charge on any atom is -0.459 e. The molecule has 2 aromatic rings. The lowest BCUT2D eigenvalue weighted by Crippen LogP contribution is -2.30. The lowest BCUT2D eigenvalue weighted by molar-refractivity contribution is 0.0721. The van der Waals surface area contributed by atoms with Gasteiger partial charge in [-0.3, -0.25) is 4.79 Å². The fourth-order valence-corrected chi connectivity index (χ4v) is 1.77. The molecule has 18 heavy (non-hydrogen) atoms. The van der Waals surface area contributed by atoms with E-state index < -0.39 is 0 Å². The Hall–Kier alpha value is -2.23. The molecule has 0 radical (unpaired) electrons. The summed E-state index contributed by atoms with van der Waals surface area (Å²) in [7, 11) is 0. The third-order valence-electron chi connectivity index (χ3n) is 2.82. The number of nitrogen functional groups attached to an aromatic ring is 1. The molecule has 1 aromatic carbocycles. The van der Waals surface area contributed by atoms with Crippen LogP contribution < -0.4 is 5.73 Å². The highest BCUT2D eigenvalue weighted by molar-refractivity contribution is 5.91. The summed E-state index contributed by atoms with van der Waals surface area (Å²) in [6.45, 7) is 3.02. The summed E-state index contributed by atoms with van der Waals surface area (Å²) in [5.74, 6) is 0.233. The molecule has 0 saturated carbocycles. The highest BCUT2D eigenvalue weighted by Gasteiger charge is 2.17. The van der Waals surface area contributed by atoms with E-state index in [1.165, 1.54) is 6.26 Å². The molecule has 0 fully saturated rings. The van der Waals surface area contributed by atoms with Crippen LogP contribution in [-0.2, 0) is 6.54 Å². The highest BCUT2D eigenvalue weighted by atomic mass is 16.3. The fraction of sp³-hybridized carbons (Fsp3) is 0.214.